The zero-order valence-corrected chi connectivity index (χ0v) is 8.14. The Balaban J connectivity index is 3.14. The molecule has 0 aliphatic carbocycles. The van der Waals surface area contributed by atoms with Gasteiger partial charge in [-0.25, -0.2) is 4.79 Å². The number of methoxy groups -OCH3 is 1. The molecule has 15 heavy (non-hydrogen) atoms. The summed E-state index contributed by atoms with van der Waals surface area (Å²) in [5.74, 6) is -0.591. The Morgan fingerprint density at radius 2 is 2.20 bits per heavy atom. The number of rotatable bonds is 4. The molecule has 78 valence electrons. The van der Waals surface area contributed by atoms with E-state index in [-0.39, 0.29) is 5.56 Å². The van der Waals surface area contributed by atoms with Crippen LogP contribution in [0.5, 0.6) is 5.75 Å². The predicted octanol–water partition coefficient (Wildman–Crippen LogP) is 1.61. The van der Waals surface area contributed by atoms with Crippen molar-refractivity contribution in [1.82, 2.24) is 0 Å². The second-order valence-corrected chi connectivity index (χ2v) is 2.76. The normalized spacial score (nSPS) is 10.2. The Morgan fingerprint density at radius 3 is 2.73 bits per heavy atom. The number of aromatic carboxylic acids is 1. The van der Waals surface area contributed by atoms with E-state index >= 15 is 0 Å². The van der Waals surface area contributed by atoms with Gasteiger partial charge in [0.2, 0.25) is 0 Å². The second kappa shape index (κ2) is 4.95. The Kier molecular flexibility index (Phi) is 3.62. The van der Waals surface area contributed by atoms with E-state index in [1.54, 1.807) is 12.1 Å². The van der Waals surface area contributed by atoms with E-state index in [0.29, 0.717) is 17.6 Å². The molecule has 1 N–H and O–H groups in total. The molecule has 0 spiro atoms. The van der Waals surface area contributed by atoms with Crippen LogP contribution in [0, 0.1) is 0 Å². The lowest BCUT2D eigenvalue weighted by Crippen LogP contribution is -1.97. The summed E-state index contributed by atoms with van der Waals surface area (Å²) in [5, 5.41) is 8.74. The van der Waals surface area contributed by atoms with Gasteiger partial charge in [-0.2, -0.15) is 0 Å². The minimum atomic E-state index is -1.01. The molecule has 0 aromatic heterocycles. The number of hydrogen-bond acceptors (Lipinski definition) is 3. The van der Waals surface area contributed by atoms with Crippen molar-refractivity contribution in [2.45, 2.75) is 0 Å². The highest BCUT2D eigenvalue weighted by Gasteiger charge is 2.06. The van der Waals surface area contributed by atoms with Crippen molar-refractivity contribution < 1.29 is 19.4 Å². The largest absolute Gasteiger partial charge is 0.496 e. The van der Waals surface area contributed by atoms with Crippen LogP contribution in [0.4, 0.5) is 0 Å². The van der Waals surface area contributed by atoms with E-state index in [9.17, 15) is 9.59 Å². The molecular formula is C11H10O4. The summed E-state index contributed by atoms with van der Waals surface area (Å²) in [6.07, 6.45) is 3.51. The molecule has 0 radical (unpaired) electrons. The van der Waals surface area contributed by atoms with Crippen molar-refractivity contribution in [3.8, 4) is 5.75 Å². The molecule has 0 fully saturated rings. The summed E-state index contributed by atoms with van der Waals surface area (Å²) in [4.78, 5) is 20.8. The van der Waals surface area contributed by atoms with E-state index < -0.39 is 5.97 Å². The van der Waals surface area contributed by atoms with E-state index in [0.717, 1.165) is 0 Å². The fourth-order valence-electron chi connectivity index (χ4n) is 1.12. The van der Waals surface area contributed by atoms with Gasteiger partial charge in [0, 0.05) is 5.56 Å². The average Bonchev–Trinajstić information content (AvgIpc) is 2.25. The molecule has 0 aliphatic rings. The molecule has 0 unspecified atom stereocenters. The summed E-state index contributed by atoms with van der Waals surface area (Å²) in [6.45, 7) is 0. The first-order valence-electron chi connectivity index (χ1n) is 4.22. The highest BCUT2D eigenvalue weighted by Crippen LogP contribution is 2.21. The SMILES string of the molecule is COc1cc(C(=O)O)ccc1C=CC=O. The molecule has 0 aliphatic heterocycles. The smallest absolute Gasteiger partial charge is 0.335 e. The van der Waals surface area contributed by atoms with Crippen molar-refractivity contribution >= 4 is 18.3 Å². The molecule has 1 rings (SSSR count). The fourth-order valence-corrected chi connectivity index (χ4v) is 1.12. The fraction of sp³-hybridized carbons (Fsp3) is 0.0909. The van der Waals surface area contributed by atoms with Crippen molar-refractivity contribution in [2.24, 2.45) is 0 Å². The minimum absolute atomic E-state index is 0.148. The Hall–Kier alpha value is -2.10. The number of allylic oxidation sites excluding steroid dienone is 1. The van der Waals surface area contributed by atoms with Crippen molar-refractivity contribution in [1.29, 1.82) is 0 Å². The van der Waals surface area contributed by atoms with Gasteiger partial charge in [0.15, 0.2) is 0 Å². The molecule has 0 saturated carbocycles. The van der Waals surface area contributed by atoms with E-state index in [1.165, 1.54) is 25.3 Å². The maximum atomic E-state index is 10.7. The predicted molar refractivity (Wildman–Crippen MR) is 55.1 cm³/mol. The summed E-state index contributed by atoms with van der Waals surface area (Å²) >= 11 is 0. The van der Waals surface area contributed by atoms with Crippen LogP contribution in [0.2, 0.25) is 0 Å². The van der Waals surface area contributed by atoms with Crippen LogP contribution in [0.15, 0.2) is 24.3 Å². The van der Waals surface area contributed by atoms with Crippen LogP contribution in [0.25, 0.3) is 6.08 Å². The van der Waals surface area contributed by atoms with Crippen LogP contribution in [-0.4, -0.2) is 24.5 Å². The number of aldehydes is 1. The molecule has 0 saturated heterocycles. The third-order valence-corrected chi connectivity index (χ3v) is 1.83. The van der Waals surface area contributed by atoms with Crippen molar-refractivity contribution in [2.75, 3.05) is 7.11 Å². The van der Waals surface area contributed by atoms with Crippen LogP contribution < -0.4 is 4.74 Å². The quantitative estimate of drug-likeness (QED) is 0.600. The molecule has 4 heteroatoms. The first-order valence-corrected chi connectivity index (χ1v) is 4.22. The molecule has 1 aromatic carbocycles. The highest BCUT2D eigenvalue weighted by molar-refractivity contribution is 5.89. The first kappa shape index (κ1) is 11.0. The monoisotopic (exact) mass is 206 g/mol. The van der Waals surface area contributed by atoms with Gasteiger partial charge in [0.1, 0.15) is 12.0 Å². The lowest BCUT2D eigenvalue weighted by molar-refractivity contribution is -0.104. The van der Waals surface area contributed by atoms with Gasteiger partial charge in [-0.15, -0.1) is 0 Å². The second-order valence-electron chi connectivity index (χ2n) is 2.76. The first-order chi connectivity index (χ1) is 7.19. The van der Waals surface area contributed by atoms with E-state index in [2.05, 4.69) is 0 Å². The molecule has 0 bridgehead atoms. The maximum Gasteiger partial charge on any atom is 0.335 e. The third-order valence-electron chi connectivity index (χ3n) is 1.83. The van der Waals surface area contributed by atoms with Gasteiger partial charge in [0.25, 0.3) is 0 Å². The number of benzene rings is 1. The topological polar surface area (TPSA) is 63.6 Å². The summed E-state index contributed by atoms with van der Waals surface area (Å²) in [6, 6.07) is 4.45. The summed E-state index contributed by atoms with van der Waals surface area (Å²) in [7, 11) is 1.44. The number of carbonyl (C=O) groups is 2. The number of carboxylic acid groups (broad SMARTS) is 1. The van der Waals surface area contributed by atoms with Gasteiger partial charge in [-0.1, -0.05) is 6.07 Å². The Bertz CT molecular complexity index is 407. The van der Waals surface area contributed by atoms with Crippen LogP contribution in [0.3, 0.4) is 0 Å². The zero-order chi connectivity index (χ0) is 11.3. The number of ether oxygens (including phenoxy) is 1. The van der Waals surface area contributed by atoms with E-state index in [4.69, 9.17) is 9.84 Å². The third kappa shape index (κ3) is 2.67. The van der Waals surface area contributed by atoms with Crippen LogP contribution in [-0.2, 0) is 4.79 Å². The van der Waals surface area contributed by atoms with Gasteiger partial charge in [0.05, 0.1) is 12.7 Å². The van der Waals surface area contributed by atoms with Gasteiger partial charge >= 0.3 is 5.97 Å². The van der Waals surface area contributed by atoms with Gasteiger partial charge in [-0.3, -0.25) is 4.79 Å². The lowest BCUT2D eigenvalue weighted by Gasteiger charge is -2.05. The average molecular weight is 206 g/mol. The Labute approximate surface area is 86.8 Å². The zero-order valence-electron chi connectivity index (χ0n) is 8.14. The molecule has 1 aromatic rings. The van der Waals surface area contributed by atoms with Crippen LogP contribution in [0.1, 0.15) is 15.9 Å². The molecule has 0 heterocycles. The standard InChI is InChI=1S/C11H10O4/c1-15-10-7-9(11(13)14)5-4-8(10)3-2-6-12/h2-7H,1H3,(H,13,14). The lowest BCUT2D eigenvalue weighted by atomic mass is 10.1. The number of carboxylic acids is 1. The van der Waals surface area contributed by atoms with Crippen LogP contribution >= 0.6 is 0 Å². The van der Waals surface area contributed by atoms with Crippen molar-refractivity contribution in [3.63, 3.8) is 0 Å². The molecule has 0 atom stereocenters. The number of carbonyl (C=O) groups excluding carboxylic acids is 1. The summed E-state index contributed by atoms with van der Waals surface area (Å²) in [5.41, 5.74) is 0.810. The van der Waals surface area contributed by atoms with Gasteiger partial charge in [-0.05, 0) is 24.3 Å². The molecule has 0 amide bonds. The van der Waals surface area contributed by atoms with E-state index in [1.807, 2.05) is 0 Å². The highest BCUT2D eigenvalue weighted by atomic mass is 16.5. The molecular weight excluding hydrogens is 196 g/mol. The maximum absolute atomic E-state index is 10.7. The number of hydrogen-bond donors (Lipinski definition) is 1. The van der Waals surface area contributed by atoms with Crippen molar-refractivity contribution in [3.05, 3.63) is 35.4 Å². The van der Waals surface area contributed by atoms with Gasteiger partial charge < -0.3 is 9.84 Å². The minimum Gasteiger partial charge on any atom is -0.496 e. The molecule has 4 nitrogen and oxygen atoms in total. The summed E-state index contributed by atoms with van der Waals surface area (Å²) < 4.78 is 5.00. The Morgan fingerprint density at radius 1 is 1.47 bits per heavy atom.